The van der Waals surface area contributed by atoms with Crippen molar-refractivity contribution in [2.75, 3.05) is 5.73 Å². The van der Waals surface area contributed by atoms with Gasteiger partial charge in [-0.25, -0.2) is 4.98 Å². The zero-order valence-corrected chi connectivity index (χ0v) is 11.4. The van der Waals surface area contributed by atoms with Gasteiger partial charge in [-0.15, -0.1) is 12.4 Å². The lowest BCUT2D eigenvalue weighted by atomic mass is 9.93. The number of nitrogen functional groups attached to an aromatic ring is 1. The SMILES string of the molecule is Cl.Nc1c2c(nc3[nH]c4ccccc4c13)CCCC2. The number of para-hydroxylation sites is 1. The van der Waals surface area contributed by atoms with Crippen LogP contribution in [0.4, 0.5) is 5.69 Å². The molecule has 1 aromatic carbocycles. The molecule has 2 heterocycles. The minimum absolute atomic E-state index is 0. The average molecular weight is 274 g/mol. The first-order valence-corrected chi connectivity index (χ1v) is 6.52. The number of H-pyrrole nitrogens is 1. The van der Waals surface area contributed by atoms with E-state index in [0.717, 1.165) is 35.1 Å². The first-order chi connectivity index (χ1) is 8.84. The number of aromatic amines is 1. The number of anilines is 1. The van der Waals surface area contributed by atoms with Crippen LogP contribution < -0.4 is 5.73 Å². The van der Waals surface area contributed by atoms with Crippen molar-refractivity contribution in [2.45, 2.75) is 25.7 Å². The molecule has 0 saturated carbocycles. The van der Waals surface area contributed by atoms with Crippen LogP contribution in [-0.2, 0) is 12.8 Å². The van der Waals surface area contributed by atoms with Crippen molar-refractivity contribution in [1.29, 1.82) is 0 Å². The molecule has 3 N–H and O–H groups in total. The van der Waals surface area contributed by atoms with Crippen molar-refractivity contribution >= 4 is 40.0 Å². The Hall–Kier alpha value is -1.74. The van der Waals surface area contributed by atoms with Gasteiger partial charge in [-0.05, 0) is 37.3 Å². The average Bonchev–Trinajstić information content (AvgIpc) is 2.77. The van der Waals surface area contributed by atoms with Crippen molar-refractivity contribution in [2.24, 2.45) is 0 Å². The molecule has 4 heteroatoms. The third-order valence-electron chi connectivity index (χ3n) is 3.97. The van der Waals surface area contributed by atoms with Crippen molar-refractivity contribution in [3.05, 3.63) is 35.5 Å². The Bertz CT molecular complexity index is 761. The number of fused-ring (bicyclic) bond motifs is 4. The van der Waals surface area contributed by atoms with Crippen LogP contribution in [0.1, 0.15) is 24.1 Å². The van der Waals surface area contributed by atoms with Gasteiger partial charge in [0.2, 0.25) is 0 Å². The van der Waals surface area contributed by atoms with Gasteiger partial charge in [-0.1, -0.05) is 18.2 Å². The molecular formula is C15H16ClN3. The van der Waals surface area contributed by atoms with Crippen LogP contribution in [0.25, 0.3) is 21.9 Å². The van der Waals surface area contributed by atoms with E-state index in [1.165, 1.54) is 29.5 Å². The summed E-state index contributed by atoms with van der Waals surface area (Å²) in [7, 11) is 0. The van der Waals surface area contributed by atoms with Crippen molar-refractivity contribution in [1.82, 2.24) is 9.97 Å². The summed E-state index contributed by atoms with van der Waals surface area (Å²) >= 11 is 0. The molecule has 1 aliphatic rings. The fourth-order valence-electron chi connectivity index (χ4n) is 3.07. The van der Waals surface area contributed by atoms with Crippen molar-refractivity contribution in [3.8, 4) is 0 Å². The molecule has 0 unspecified atom stereocenters. The molecule has 0 fully saturated rings. The Kier molecular flexibility index (Phi) is 2.86. The van der Waals surface area contributed by atoms with E-state index in [-0.39, 0.29) is 12.4 Å². The maximum atomic E-state index is 6.39. The Balaban J connectivity index is 0.00000110. The Morgan fingerprint density at radius 1 is 1.11 bits per heavy atom. The summed E-state index contributed by atoms with van der Waals surface area (Å²) in [4.78, 5) is 8.16. The zero-order chi connectivity index (χ0) is 12.1. The largest absolute Gasteiger partial charge is 0.398 e. The predicted octanol–water partition coefficient (Wildman–Crippen LogP) is 3.60. The molecule has 0 bridgehead atoms. The fraction of sp³-hybridized carbons (Fsp3) is 0.267. The highest BCUT2D eigenvalue weighted by Gasteiger charge is 2.18. The quantitative estimate of drug-likeness (QED) is 0.657. The van der Waals surface area contributed by atoms with Gasteiger partial charge in [0.15, 0.2) is 0 Å². The number of nitrogens with one attached hydrogen (secondary N) is 1. The molecular weight excluding hydrogens is 258 g/mol. The van der Waals surface area contributed by atoms with Crippen LogP contribution in [0.15, 0.2) is 24.3 Å². The molecule has 3 nitrogen and oxygen atoms in total. The molecule has 4 rings (SSSR count). The molecule has 19 heavy (non-hydrogen) atoms. The number of aryl methyl sites for hydroxylation is 1. The number of aromatic nitrogens is 2. The van der Waals surface area contributed by atoms with Gasteiger partial charge in [0, 0.05) is 27.7 Å². The Morgan fingerprint density at radius 3 is 2.79 bits per heavy atom. The first kappa shape index (κ1) is 12.3. The minimum Gasteiger partial charge on any atom is -0.398 e. The van der Waals surface area contributed by atoms with Crippen molar-refractivity contribution in [3.63, 3.8) is 0 Å². The maximum Gasteiger partial charge on any atom is 0.140 e. The molecule has 3 aromatic rings. The van der Waals surface area contributed by atoms with E-state index in [1.54, 1.807) is 0 Å². The van der Waals surface area contributed by atoms with Crippen LogP contribution in [0.3, 0.4) is 0 Å². The zero-order valence-electron chi connectivity index (χ0n) is 10.6. The highest BCUT2D eigenvalue weighted by molar-refractivity contribution is 6.12. The van der Waals surface area contributed by atoms with Crippen LogP contribution in [0.2, 0.25) is 0 Å². The van der Waals surface area contributed by atoms with Gasteiger partial charge in [0.05, 0.1) is 0 Å². The minimum atomic E-state index is 0. The lowest BCUT2D eigenvalue weighted by Crippen LogP contribution is -2.09. The molecule has 0 atom stereocenters. The molecule has 0 amide bonds. The second kappa shape index (κ2) is 4.42. The van der Waals surface area contributed by atoms with Crippen LogP contribution in [0, 0.1) is 0 Å². The second-order valence-electron chi connectivity index (χ2n) is 5.05. The summed E-state index contributed by atoms with van der Waals surface area (Å²) in [6, 6.07) is 8.28. The maximum absolute atomic E-state index is 6.39. The molecule has 0 spiro atoms. The normalized spacial score (nSPS) is 14.3. The predicted molar refractivity (Wildman–Crippen MR) is 81.9 cm³/mol. The third-order valence-corrected chi connectivity index (χ3v) is 3.97. The highest BCUT2D eigenvalue weighted by Crippen LogP contribution is 2.35. The van der Waals surface area contributed by atoms with Crippen LogP contribution in [-0.4, -0.2) is 9.97 Å². The molecule has 1 aliphatic carbocycles. The number of hydrogen-bond donors (Lipinski definition) is 2. The smallest absolute Gasteiger partial charge is 0.140 e. The lowest BCUT2D eigenvalue weighted by molar-refractivity contribution is 0.672. The topological polar surface area (TPSA) is 54.7 Å². The first-order valence-electron chi connectivity index (χ1n) is 6.52. The number of benzene rings is 1. The van der Waals surface area contributed by atoms with Crippen LogP contribution in [0.5, 0.6) is 0 Å². The van der Waals surface area contributed by atoms with E-state index in [4.69, 9.17) is 10.7 Å². The highest BCUT2D eigenvalue weighted by atomic mass is 35.5. The standard InChI is InChI=1S/C15H15N3.ClH/c16-14-10-6-2-4-8-12(10)18-15-13(14)9-5-1-3-7-11(9)17-15;/h1,3,5,7H,2,4,6,8H2,(H3,16,17,18);1H. The number of pyridine rings is 1. The van der Waals surface area contributed by atoms with Gasteiger partial charge in [-0.3, -0.25) is 0 Å². The summed E-state index contributed by atoms with van der Waals surface area (Å²) in [6.07, 6.45) is 4.59. The summed E-state index contributed by atoms with van der Waals surface area (Å²) < 4.78 is 0. The summed E-state index contributed by atoms with van der Waals surface area (Å²) in [5.41, 5.74) is 11.9. The van der Waals surface area contributed by atoms with Crippen molar-refractivity contribution < 1.29 is 0 Å². The van der Waals surface area contributed by atoms with E-state index in [1.807, 2.05) is 6.07 Å². The Labute approximate surface area is 117 Å². The van der Waals surface area contributed by atoms with Gasteiger partial charge in [0.25, 0.3) is 0 Å². The number of nitrogens with zero attached hydrogens (tertiary/aromatic N) is 1. The fourth-order valence-corrected chi connectivity index (χ4v) is 3.07. The molecule has 2 aromatic heterocycles. The van der Waals surface area contributed by atoms with Gasteiger partial charge < -0.3 is 10.7 Å². The molecule has 0 radical (unpaired) electrons. The molecule has 0 aliphatic heterocycles. The van der Waals surface area contributed by atoms with E-state index < -0.39 is 0 Å². The van der Waals surface area contributed by atoms with E-state index in [0.29, 0.717) is 0 Å². The van der Waals surface area contributed by atoms with Gasteiger partial charge in [-0.2, -0.15) is 0 Å². The number of halogens is 1. The van der Waals surface area contributed by atoms with Gasteiger partial charge >= 0.3 is 0 Å². The number of hydrogen-bond acceptors (Lipinski definition) is 2. The van der Waals surface area contributed by atoms with Gasteiger partial charge in [0.1, 0.15) is 5.65 Å². The number of nitrogens with two attached hydrogens (primary N) is 1. The van der Waals surface area contributed by atoms with E-state index in [9.17, 15) is 0 Å². The summed E-state index contributed by atoms with van der Waals surface area (Å²) in [5, 5.41) is 2.29. The summed E-state index contributed by atoms with van der Waals surface area (Å²) in [5.74, 6) is 0. The summed E-state index contributed by atoms with van der Waals surface area (Å²) in [6.45, 7) is 0. The Morgan fingerprint density at radius 2 is 1.89 bits per heavy atom. The molecule has 0 saturated heterocycles. The monoisotopic (exact) mass is 273 g/mol. The van der Waals surface area contributed by atoms with Crippen LogP contribution >= 0.6 is 12.4 Å². The lowest BCUT2D eigenvalue weighted by Gasteiger charge is -2.17. The number of rotatable bonds is 0. The van der Waals surface area contributed by atoms with E-state index >= 15 is 0 Å². The second-order valence-corrected chi connectivity index (χ2v) is 5.05. The van der Waals surface area contributed by atoms with E-state index in [2.05, 4.69) is 23.2 Å². The third kappa shape index (κ3) is 1.69. The molecule has 98 valence electrons.